The van der Waals surface area contributed by atoms with Crippen LogP contribution in [0.3, 0.4) is 0 Å². The standard InChI is InChI=1S/C23H29N3O/c1-2-22(27)26-16-20-8-4-3-7-19(20)15-23(18-26)10-13-25(14-11-23)17-21-9-5-6-12-24-21/h3-9,12H,2,10-11,13-18H2,1H3. The Balaban J connectivity index is 1.51. The van der Waals surface area contributed by atoms with E-state index < -0.39 is 0 Å². The zero-order chi connectivity index (χ0) is 18.7. The van der Waals surface area contributed by atoms with Crippen LogP contribution in [0.4, 0.5) is 0 Å². The highest BCUT2D eigenvalue weighted by molar-refractivity contribution is 5.76. The summed E-state index contributed by atoms with van der Waals surface area (Å²) >= 11 is 0. The maximum atomic E-state index is 12.6. The Labute approximate surface area is 162 Å². The number of hydrogen-bond acceptors (Lipinski definition) is 3. The van der Waals surface area contributed by atoms with E-state index in [9.17, 15) is 4.79 Å². The number of piperidine rings is 1. The number of likely N-dealkylation sites (tertiary alicyclic amines) is 1. The van der Waals surface area contributed by atoms with Gasteiger partial charge in [0.2, 0.25) is 5.91 Å². The van der Waals surface area contributed by atoms with Crippen molar-refractivity contribution in [3.05, 3.63) is 65.5 Å². The molecule has 3 heterocycles. The monoisotopic (exact) mass is 363 g/mol. The molecule has 27 heavy (non-hydrogen) atoms. The molecule has 2 aromatic rings. The van der Waals surface area contributed by atoms with Gasteiger partial charge in [-0.05, 0) is 61.0 Å². The Morgan fingerprint density at radius 1 is 1.07 bits per heavy atom. The molecule has 1 aromatic carbocycles. The van der Waals surface area contributed by atoms with Crippen LogP contribution in [0.5, 0.6) is 0 Å². The number of amides is 1. The lowest BCUT2D eigenvalue weighted by Gasteiger charge is -2.43. The molecule has 1 aromatic heterocycles. The van der Waals surface area contributed by atoms with Crippen molar-refractivity contribution >= 4 is 5.91 Å². The summed E-state index contributed by atoms with van der Waals surface area (Å²) in [6.45, 7) is 6.71. The molecule has 142 valence electrons. The van der Waals surface area contributed by atoms with Gasteiger partial charge < -0.3 is 4.90 Å². The van der Waals surface area contributed by atoms with Crippen molar-refractivity contribution < 1.29 is 4.79 Å². The van der Waals surface area contributed by atoms with Crippen molar-refractivity contribution in [3.63, 3.8) is 0 Å². The summed E-state index contributed by atoms with van der Waals surface area (Å²) in [5.74, 6) is 0.280. The Morgan fingerprint density at radius 3 is 2.52 bits per heavy atom. The van der Waals surface area contributed by atoms with Crippen LogP contribution in [0.2, 0.25) is 0 Å². The maximum absolute atomic E-state index is 12.6. The van der Waals surface area contributed by atoms with Gasteiger partial charge in [-0.1, -0.05) is 37.3 Å². The lowest BCUT2D eigenvalue weighted by molar-refractivity contribution is -0.133. The average Bonchev–Trinajstić information content (AvgIpc) is 2.87. The van der Waals surface area contributed by atoms with E-state index >= 15 is 0 Å². The van der Waals surface area contributed by atoms with Crippen LogP contribution in [0, 0.1) is 5.41 Å². The van der Waals surface area contributed by atoms with Crippen molar-refractivity contribution in [2.45, 2.75) is 45.7 Å². The van der Waals surface area contributed by atoms with Crippen LogP contribution in [0.25, 0.3) is 0 Å². The SMILES string of the molecule is CCC(=O)N1Cc2ccccc2CC2(CCN(Cc3ccccn3)CC2)C1. The summed E-state index contributed by atoms with van der Waals surface area (Å²) in [6, 6.07) is 14.8. The molecule has 2 aliphatic heterocycles. The smallest absolute Gasteiger partial charge is 0.222 e. The van der Waals surface area contributed by atoms with Gasteiger partial charge in [0.05, 0.1) is 5.69 Å². The van der Waals surface area contributed by atoms with Crippen molar-refractivity contribution in [3.8, 4) is 0 Å². The molecule has 0 radical (unpaired) electrons. The summed E-state index contributed by atoms with van der Waals surface area (Å²) in [7, 11) is 0. The molecule has 0 bridgehead atoms. The molecule has 1 amide bonds. The lowest BCUT2D eigenvalue weighted by Crippen LogP contribution is -2.47. The van der Waals surface area contributed by atoms with Gasteiger partial charge in [-0.3, -0.25) is 14.7 Å². The van der Waals surface area contributed by atoms with Crippen molar-refractivity contribution in [1.29, 1.82) is 0 Å². The number of pyridine rings is 1. The normalized spacial score (nSPS) is 19.5. The third-order valence-electron chi connectivity index (χ3n) is 6.25. The third-order valence-corrected chi connectivity index (χ3v) is 6.25. The predicted octanol–water partition coefficient (Wildman–Crippen LogP) is 3.66. The van der Waals surface area contributed by atoms with Gasteiger partial charge in [0.1, 0.15) is 0 Å². The largest absolute Gasteiger partial charge is 0.338 e. The number of carbonyl (C=O) groups excluding carboxylic acids is 1. The van der Waals surface area contributed by atoms with Gasteiger partial charge in [-0.15, -0.1) is 0 Å². The minimum absolute atomic E-state index is 0.206. The Morgan fingerprint density at radius 2 is 1.81 bits per heavy atom. The van der Waals surface area contributed by atoms with E-state index in [-0.39, 0.29) is 11.3 Å². The first-order valence-electron chi connectivity index (χ1n) is 10.1. The Bertz CT molecular complexity index is 781. The topological polar surface area (TPSA) is 36.4 Å². The van der Waals surface area contributed by atoms with Gasteiger partial charge in [0.15, 0.2) is 0 Å². The first kappa shape index (κ1) is 18.2. The van der Waals surface area contributed by atoms with E-state index in [1.807, 2.05) is 19.2 Å². The van der Waals surface area contributed by atoms with Crippen molar-refractivity contribution in [1.82, 2.24) is 14.8 Å². The summed E-state index contributed by atoms with van der Waals surface area (Å²) in [5.41, 5.74) is 4.11. The molecule has 4 nitrogen and oxygen atoms in total. The molecular weight excluding hydrogens is 334 g/mol. The van der Waals surface area contributed by atoms with E-state index in [0.717, 1.165) is 57.7 Å². The van der Waals surface area contributed by atoms with E-state index in [1.165, 1.54) is 11.1 Å². The maximum Gasteiger partial charge on any atom is 0.222 e. The fourth-order valence-corrected chi connectivity index (χ4v) is 4.65. The second-order valence-electron chi connectivity index (χ2n) is 8.15. The molecule has 0 aliphatic carbocycles. The van der Waals surface area contributed by atoms with Crippen LogP contribution >= 0.6 is 0 Å². The number of rotatable bonds is 3. The van der Waals surface area contributed by atoms with Crippen LogP contribution in [-0.4, -0.2) is 40.3 Å². The molecule has 1 spiro atoms. The highest BCUT2D eigenvalue weighted by Gasteiger charge is 2.39. The molecule has 1 saturated heterocycles. The molecule has 1 fully saturated rings. The second-order valence-corrected chi connectivity index (χ2v) is 8.15. The van der Waals surface area contributed by atoms with E-state index in [4.69, 9.17) is 0 Å². The molecule has 0 atom stereocenters. The predicted molar refractivity (Wildman–Crippen MR) is 107 cm³/mol. The van der Waals surface area contributed by atoms with Crippen molar-refractivity contribution in [2.75, 3.05) is 19.6 Å². The molecule has 0 N–H and O–H groups in total. The number of fused-ring (bicyclic) bond motifs is 1. The third kappa shape index (κ3) is 4.06. The second kappa shape index (κ2) is 7.81. The fraction of sp³-hybridized carbons (Fsp3) is 0.478. The number of carbonyl (C=O) groups is 1. The minimum atomic E-state index is 0.206. The van der Waals surface area contributed by atoms with Gasteiger partial charge in [-0.25, -0.2) is 0 Å². The highest BCUT2D eigenvalue weighted by atomic mass is 16.2. The molecule has 0 unspecified atom stereocenters. The average molecular weight is 364 g/mol. The molecule has 0 saturated carbocycles. The van der Waals surface area contributed by atoms with Gasteiger partial charge in [-0.2, -0.15) is 0 Å². The van der Waals surface area contributed by atoms with Gasteiger partial charge in [0.25, 0.3) is 0 Å². The summed E-state index contributed by atoms with van der Waals surface area (Å²) in [5, 5.41) is 0. The van der Waals surface area contributed by atoms with E-state index in [1.54, 1.807) is 0 Å². The van der Waals surface area contributed by atoms with Crippen LogP contribution in [0.1, 0.15) is 43.0 Å². The number of hydrogen-bond donors (Lipinski definition) is 0. The summed E-state index contributed by atoms with van der Waals surface area (Å²) < 4.78 is 0. The summed E-state index contributed by atoms with van der Waals surface area (Å²) in [4.78, 5) is 21.7. The molecule has 4 heteroatoms. The van der Waals surface area contributed by atoms with Crippen molar-refractivity contribution in [2.24, 2.45) is 5.41 Å². The molecule has 2 aliphatic rings. The zero-order valence-corrected chi connectivity index (χ0v) is 16.2. The molecular formula is C23H29N3O. The lowest BCUT2D eigenvalue weighted by atomic mass is 9.73. The fourth-order valence-electron chi connectivity index (χ4n) is 4.65. The van der Waals surface area contributed by atoms with Crippen LogP contribution in [-0.2, 0) is 24.3 Å². The first-order valence-corrected chi connectivity index (χ1v) is 10.1. The zero-order valence-electron chi connectivity index (χ0n) is 16.2. The minimum Gasteiger partial charge on any atom is -0.338 e. The quantitative estimate of drug-likeness (QED) is 0.835. The summed E-state index contributed by atoms with van der Waals surface area (Å²) in [6.07, 6.45) is 5.83. The van der Waals surface area contributed by atoms with E-state index in [2.05, 4.69) is 51.2 Å². The highest BCUT2D eigenvalue weighted by Crippen LogP contribution is 2.40. The number of nitrogens with zero attached hydrogens (tertiary/aromatic N) is 3. The van der Waals surface area contributed by atoms with Gasteiger partial charge in [0, 0.05) is 32.3 Å². The number of benzene rings is 1. The van der Waals surface area contributed by atoms with Gasteiger partial charge >= 0.3 is 0 Å². The number of aromatic nitrogens is 1. The van der Waals surface area contributed by atoms with E-state index in [0.29, 0.717) is 6.42 Å². The van der Waals surface area contributed by atoms with Crippen LogP contribution in [0.15, 0.2) is 48.7 Å². The first-order chi connectivity index (χ1) is 13.2. The molecule has 4 rings (SSSR count). The van der Waals surface area contributed by atoms with Crippen LogP contribution < -0.4 is 0 Å². The Hall–Kier alpha value is -2.20. The Kier molecular flexibility index (Phi) is 5.26.